The van der Waals surface area contributed by atoms with Crippen molar-refractivity contribution in [2.45, 2.75) is 25.4 Å². The number of carbonyl (C=O) groups excluding carboxylic acids is 2. The zero-order valence-corrected chi connectivity index (χ0v) is 17.7. The summed E-state index contributed by atoms with van der Waals surface area (Å²) < 4.78 is 0. The Morgan fingerprint density at radius 2 is 2.03 bits per heavy atom. The van der Waals surface area contributed by atoms with Crippen molar-refractivity contribution in [2.75, 3.05) is 25.1 Å². The number of aldehydes is 1. The first-order valence-electron chi connectivity index (χ1n) is 10.9. The van der Waals surface area contributed by atoms with Crippen LogP contribution < -0.4 is 16.4 Å². The first kappa shape index (κ1) is 20.4. The van der Waals surface area contributed by atoms with Gasteiger partial charge in [0.2, 0.25) is 0 Å². The number of aromatic amines is 1. The Balaban J connectivity index is 1.58. The van der Waals surface area contributed by atoms with E-state index in [-0.39, 0.29) is 24.5 Å². The number of hydrogen-bond donors (Lipinski definition) is 4. The summed E-state index contributed by atoms with van der Waals surface area (Å²) >= 11 is 0. The Hall–Kier alpha value is -3.49. The molecule has 1 aromatic heterocycles. The topological polar surface area (TPSA) is 116 Å². The highest BCUT2D eigenvalue weighted by Crippen LogP contribution is 2.38. The van der Waals surface area contributed by atoms with Gasteiger partial charge in [0.05, 0.1) is 12.7 Å². The van der Waals surface area contributed by atoms with Crippen LogP contribution in [0.3, 0.4) is 0 Å². The standard InChI is InChI=1S/C24H26N6O2/c25-14-26-21(13-31)27-15-7-8-16-18(11-15)23(29-24(16)32)22-17-5-1-2-6-19(17)28-20(22)12-30-9-3-4-10-30/h1-2,5-8,11,13,23,28H,3-4,9-10,12,14,25H2,(H,26,27)(H,29,32)/t23-/m1/s1. The Bertz CT molecular complexity index is 1210. The molecule has 5 rings (SSSR count). The van der Waals surface area contributed by atoms with Gasteiger partial charge in [0, 0.05) is 40.0 Å². The number of anilines is 1. The van der Waals surface area contributed by atoms with Gasteiger partial charge in [-0.1, -0.05) is 18.2 Å². The normalized spacial score (nSPS) is 18.7. The summed E-state index contributed by atoms with van der Waals surface area (Å²) in [6.07, 6.45) is 3.07. The Morgan fingerprint density at radius 1 is 1.22 bits per heavy atom. The van der Waals surface area contributed by atoms with Crippen LogP contribution in [0.5, 0.6) is 0 Å². The number of benzene rings is 2. The third-order valence-corrected chi connectivity index (χ3v) is 6.23. The van der Waals surface area contributed by atoms with E-state index in [2.05, 4.69) is 37.6 Å². The first-order chi connectivity index (χ1) is 15.7. The van der Waals surface area contributed by atoms with E-state index in [9.17, 15) is 9.59 Å². The molecule has 2 aliphatic rings. The summed E-state index contributed by atoms with van der Waals surface area (Å²) in [4.78, 5) is 34.1. The second kappa shape index (κ2) is 8.57. The van der Waals surface area contributed by atoms with Crippen molar-refractivity contribution in [1.29, 1.82) is 0 Å². The molecule has 8 nitrogen and oxygen atoms in total. The number of nitrogens with two attached hydrogens (primary N) is 1. The van der Waals surface area contributed by atoms with E-state index in [0.717, 1.165) is 47.4 Å². The van der Waals surface area contributed by atoms with Crippen LogP contribution in [0.25, 0.3) is 10.9 Å². The number of hydrogen-bond acceptors (Lipinski definition) is 5. The highest BCUT2D eigenvalue weighted by atomic mass is 16.2. The molecular weight excluding hydrogens is 404 g/mol. The number of para-hydroxylation sites is 1. The van der Waals surface area contributed by atoms with Crippen molar-refractivity contribution in [3.05, 3.63) is 64.8 Å². The largest absolute Gasteiger partial charge is 0.357 e. The number of carbonyl (C=O) groups is 2. The van der Waals surface area contributed by atoms with Crippen LogP contribution in [0, 0.1) is 0 Å². The number of nitrogens with zero attached hydrogens (tertiary/aromatic N) is 2. The van der Waals surface area contributed by atoms with E-state index in [1.54, 1.807) is 12.1 Å². The minimum Gasteiger partial charge on any atom is -0.357 e. The second-order valence-electron chi connectivity index (χ2n) is 8.22. The summed E-state index contributed by atoms with van der Waals surface area (Å²) in [6, 6.07) is 13.4. The molecule has 0 unspecified atom stereocenters. The van der Waals surface area contributed by atoms with Gasteiger partial charge in [-0.25, -0.2) is 0 Å². The Kier molecular flexibility index (Phi) is 5.46. The molecule has 3 heterocycles. The van der Waals surface area contributed by atoms with E-state index in [4.69, 9.17) is 5.73 Å². The number of amides is 1. The first-order valence-corrected chi connectivity index (χ1v) is 10.9. The number of aliphatic imine (C=N–C) groups is 1. The molecule has 0 aliphatic carbocycles. The number of nitrogens with one attached hydrogen (secondary N) is 3. The zero-order valence-electron chi connectivity index (χ0n) is 17.7. The lowest BCUT2D eigenvalue weighted by Gasteiger charge is -2.19. The van der Waals surface area contributed by atoms with Crippen molar-refractivity contribution in [3.8, 4) is 0 Å². The summed E-state index contributed by atoms with van der Waals surface area (Å²) in [7, 11) is 0. The van der Waals surface area contributed by atoms with Crippen LogP contribution in [0.1, 0.15) is 46.1 Å². The fourth-order valence-corrected chi connectivity index (χ4v) is 4.79. The molecule has 1 saturated heterocycles. The molecule has 8 heteroatoms. The van der Waals surface area contributed by atoms with Crippen LogP contribution >= 0.6 is 0 Å². The quantitative estimate of drug-likeness (QED) is 0.272. The van der Waals surface area contributed by atoms with Gasteiger partial charge in [0.15, 0.2) is 12.1 Å². The molecule has 2 aliphatic heterocycles. The maximum Gasteiger partial charge on any atom is 0.252 e. The maximum atomic E-state index is 12.8. The molecule has 0 saturated carbocycles. The van der Waals surface area contributed by atoms with Crippen LogP contribution in [0.2, 0.25) is 0 Å². The fourth-order valence-electron chi connectivity index (χ4n) is 4.79. The molecule has 5 N–H and O–H groups in total. The van der Waals surface area contributed by atoms with Gasteiger partial charge in [0.25, 0.3) is 5.91 Å². The number of fused-ring (bicyclic) bond motifs is 2. The summed E-state index contributed by atoms with van der Waals surface area (Å²) in [5.74, 6) is 0.0586. The van der Waals surface area contributed by atoms with Crippen molar-refractivity contribution >= 4 is 34.6 Å². The van der Waals surface area contributed by atoms with Crippen LogP contribution in [-0.4, -0.2) is 47.7 Å². The molecule has 164 valence electrons. The molecule has 0 spiro atoms. The maximum absolute atomic E-state index is 12.8. The highest BCUT2D eigenvalue weighted by molar-refractivity contribution is 6.32. The van der Waals surface area contributed by atoms with E-state index in [0.29, 0.717) is 17.5 Å². The molecule has 1 fully saturated rings. The third-order valence-electron chi connectivity index (χ3n) is 6.23. The van der Waals surface area contributed by atoms with E-state index in [1.807, 2.05) is 18.2 Å². The summed E-state index contributed by atoms with van der Waals surface area (Å²) in [5, 5.41) is 7.28. The van der Waals surface area contributed by atoms with Gasteiger partial charge in [-0.05, 0) is 55.8 Å². The van der Waals surface area contributed by atoms with Crippen molar-refractivity contribution in [2.24, 2.45) is 10.7 Å². The average molecular weight is 431 g/mol. The monoisotopic (exact) mass is 430 g/mol. The minimum absolute atomic E-state index is 0.0177. The lowest BCUT2D eigenvalue weighted by Crippen LogP contribution is -2.23. The summed E-state index contributed by atoms with van der Waals surface area (Å²) in [5.41, 5.74) is 10.9. The number of rotatable bonds is 6. The van der Waals surface area contributed by atoms with Crippen molar-refractivity contribution in [3.63, 3.8) is 0 Å². The average Bonchev–Trinajstić information content (AvgIpc) is 3.51. The molecule has 0 radical (unpaired) electrons. The number of likely N-dealkylation sites (tertiary alicyclic amines) is 1. The second-order valence-corrected chi connectivity index (χ2v) is 8.22. The van der Waals surface area contributed by atoms with Gasteiger partial charge in [-0.15, -0.1) is 0 Å². The van der Waals surface area contributed by atoms with Crippen molar-refractivity contribution in [1.82, 2.24) is 15.2 Å². The number of amidine groups is 1. The molecule has 1 amide bonds. The highest BCUT2D eigenvalue weighted by Gasteiger charge is 2.34. The Labute approximate surface area is 185 Å². The summed E-state index contributed by atoms with van der Waals surface area (Å²) in [6.45, 7) is 3.02. The molecule has 2 aromatic carbocycles. The predicted octanol–water partition coefficient (Wildman–Crippen LogP) is 2.52. The minimum atomic E-state index is -0.279. The Morgan fingerprint density at radius 3 is 2.81 bits per heavy atom. The van der Waals surface area contributed by atoms with Gasteiger partial charge in [-0.2, -0.15) is 0 Å². The van der Waals surface area contributed by atoms with E-state index < -0.39 is 0 Å². The fraction of sp³-hybridized carbons (Fsp3) is 0.292. The molecule has 0 bridgehead atoms. The van der Waals surface area contributed by atoms with Gasteiger partial charge in [0.1, 0.15) is 0 Å². The van der Waals surface area contributed by atoms with Gasteiger partial charge >= 0.3 is 0 Å². The predicted molar refractivity (Wildman–Crippen MR) is 125 cm³/mol. The van der Waals surface area contributed by atoms with Crippen LogP contribution in [0.15, 0.2) is 47.5 Å². The SMILES string of the molecule is NCN=C(C=O)Nc1ccc2c(c1)[C@H](c1c(CN3CCCC3)[nH]c3ccccc13)NC2=O. The lowest BCUT2D eigenvalue weighted by atomic mass is 9.95. The molecule has 32 heavy (non-hydrogen) atoms. The van der Waals surface area contributed by atoms with E-state index in [1.165, 1.54) is 12.8 Å². The smallest absolute Gasteiger partial charge is 0.252 e. The number of aromatic nitrogens is 1. The van der Waals surface area contributed by atoms with Crippen LogP contribution in [-0.2, 0) is 11.3 Å². The van der Waals surface area contributed by atoms with Gasteiger partial charge < -0.3 is 21.4 Å². The van der Waals surface area contributed by atoms with E-state index >= 15 is 0 Å². The molecule has 3 aromatic rings. The third kappa shape index (κ3) is 3.68. The number of H-pyrrole nitrogens is 1. The lowest BCUT2D eigenvalue weighted by molar-refractivity contribution is -0.102. The zero-order chi connectivity index (χ0) is 22.1. The van der Waals surface area contributed by atoms with Gasteiger partial charge in [-0.3, -0.25) is 19.5 Å². The van der Waals surface area contributed by atoms with Crippen molar-refractivity contribution < 1.29 is 9.59 Å². The molecular formula is C24H26N6O2. The molecule has 1 atom stereocenters. The van der Waals surface area contributed by atoms with Crippen LogP contribution in [0.4, 0.5) is 5.69 Å².